The molecule has 1 saturated carbocycles. The molecule has 6 heteroatoms. The minimum absolute atomic E-state index is 0.0535. The van der Waals surface area contributed by atoms with Gasteiger partial charge in [0.1, 0.15) is 6.56 Å². The fraction of sp³-hybridized carbons (Fsp3) is 0.552. The summed E-state index contributed by atoms with van der Waals surface area (Å²) in [5.41, 5.74) is -5.77. The summed E-state index contributed by atoms with van der Waals surface area (Å²) in [6.45, 7) is -6.46. The number of hydrogen-bond donors (Lipinski definition) is 0. The molecule has 1 saturated heterocycles. The maximum Gasteiger partial charge on any atom is 0.416 e. The van der Waals surface area contributed by atoms with Gasteiger partial charge in [-0.3, -0.25) is 4.90 Å². The van der Waals surface area contributed by atoms with Gasteiger partial charge in [-0.1, -0.05) is 55.9 Å². The number of aryl methyl sites for hydroxylation is 1. The fourth-order valence-corrected chi connectivity index (χ4v) is 3.34. The molecular weight excluding hydrogens is 449 g/mol. The lowest BCUT2D eigenvalue weighted by atomic mass is 9.78. The number of benzene rings is 2. The molecule has 0 aromatic heterocycles. The monoisotopic (exact) mass is 505 g/mol. The quantitative estimate of drug-likeness (QED) is 0.271. The molecule has 3 nitrogen and oxygen atoms in total. The molecule has 0 unspecified atom stereocenters. The Bertz CT molecular complexity index is 1790. The Labute approximate surface area is 234 Å². The van der Waals surface area contributed by atoms with Crippen LogP contribution in [0.3, 0.4) is 0 Å². The van der Waals surface area contributed by atoms with Crippen LogP contribution < -0.4 is 0 Å². The molecule has 190 valence electrons. The van der Waals surface area contributed by atoms with E-state index in [9.17, 15) is 13.2 Å². The zero-order chi connectivity index (χ0) is 41.9. The van der Waals surface area contributed by atoms with Gasteiger partial charge in [0.05, 0.1) is 14.0 Å². The van der Waals surface area contributed by atoms with E-state index in [1.165, 1.54) is 17.9 Å². The Morgan fingerprint density at radius 1 is 1.17 bits per heavy atom. The molecule has 0 radical (unpaired) electrons. The van der Waals surface area contributed by atoms with E-state index >= 15 is 0 Å². The van der Waals surface area contributed by atoms with Crippen LogP contribution in [-0.2, 0) is 30.4 Å². The van der Waals surface area contributed by atoms with E-state index in [4.69, 9.17) is 30.9 Å². The number of hydrogen-bond acceptors (Lipinski definition) is 3. The summed E-state index contributed by atoms with van der Waals surface area (Å²) in [6, 6.07) is 4.30. The smallest absolute Gasteiger partial charge is 0.391 e. The standard InChI is InChI=1S/C29H37F3N2O/c1-4-23-17-25(11-12-26(23)18-34-14-5-15-34)21(3)33-35-19-22-8-13-27(28(16-22)29(30,31)32)24-9-6-20(2)7-10-24/h8,11-13,16-17,20,24H,4-7,9-10,14-15,18-19H2,1-3H3/b33-21+/i1D3,4D2,6D2,7D2,9D2,10D2,18D2,19D2,20D,24D. The van der Waals surface area contributed by atoms with Crippen LogP contribution >= 0.6 is 0 Å². The average molecular weight is 506 g/mol. The van der Waals surface area contributed by atoms with E-state index in [0.717, 1.165) is 12.1 Å². The van der Waals surface area contributed by atoms with Crippen LogP contribution in [0.5, 0.6) is 0 Å². The van der Waals surface area contributed by atoms with Crippen molar-refractivity contribution < 1.29 is 44.1 Å². The van der Waals surface area contributed by atoms with Crippen LogP contribution in [0.25, 0.3) is 0 Å². The summed E-state index contributed by atoms with van der Waals surface area (Å²) in [7, 11) is 0. The lowest BCUT2D eigenvalue weighted by molar-refractivity contribution is -0.138. The number of nitrogens with zero attached hydrogens (tertiary/aromatic N) is 2. The molecule has 1 aliphatic carbocycles. The summed E-state index contributed by atoms with van der Waals surface area (Å²) in [5.74, 6) is -7.28. The van der Waals surface area contributed by atoms with Gasteiger partial charge in [0.15, 0.2) is 0 Å². The predicted octanol–water partition coefficient (Wildman–Crippen LogP) is 7.71. The van der Waals surface area contributed by atoms with Gasteiger partial charge in [0, 0.05) is 29.8 Å². The molecule has 1 aliphatic heterocycles. The van der Waals surface area contributed by atoms with Crippen molar-refractivity contribution in [1.82, 2.24) is 4.90 Å². The third-order valence-electron chi connectivity index (χ3n) is 5.40. The van der Waals surface area contributed by atoms with E-state index in [1.54, 1.807) is 0 Å². The Balaban J connectivity index is 1.82. The molecule has 2 aliphatic rings. The van der Waals surface area contributed by atoms with Gasteiger partial charge >= 0.3 is 6.18 Å². The maximum atomic E-state index is 14.7. The van der Waals surface area contributed by atoms with E-state index < -0.39 is 92.0 Å². The zero-order valence-corrected chi connectivity index (χ0v) is 19.0. The van der Waals surface area contributed by atoms with Gasteiger partial charge in [0.25, 0.3) is 0 Å². The fourth-order valence-electron chi connectivity index (χ4n) is 3.34. The number of oxime groups is 1. The Morgan fingerprint density at radius 2 is 1.94 bits per heavy atom. The summed E-state index contributed by atoms with van der Waals surface area (Å²) in [4.78, 5) is 6.34. The van der Waals surface area contributed by atoms with Gasteiger partial charge in [-0.2, -0.15) is 13.2 Å². The van der Waals surface area contributed by atoms with Crippen LogP contribution in [0, 0.1) is 5.89 Å². The lowest BCUT2D eigenvalue weighted by Gasteiger charge is -2.31. The topological polar surface area (TPSA) is 24.8 Å². The molecule has 0 N–H and O–H groups in total. The number of likely N-dealkylation sites (tertiary alicyclic amines) is 1. The molecular formula is C29H37F3N2O. The van der Waals surface area contributed by atoms with Crippen molar-refractivity contribution in [3.63, 3.8) is 0 Å². The second kappa shape index (κ2) is 11.2. The van der Waals surface area contributed by atoms with Crippen molar-refractivity contribution in [2.45, 2.75) is 84.1 Å². The van der Waals surface area contributed by atoms with Crippen molar-refractivity contribution >= 4 is 5.71 Å². The maximum absolute atomic E-state index is 14.7. The molecule has 2 aromatic carbocycles. The molecule has 0 spiro atoms. The summed E-state index contributed by atoms with van der Waals surface area (Å²) < 4.78 is 202. The van der Waals surface area contributed by atoms with E-state index in [0.29, 0.717) is 38.6 Å². The molecule has 0 amide bonds. The second-order valence-corrected chi connectivity index (χ2v) is 7.97. The first-order valence-electron chi connectivity index (χ1n) is 20.3. The average Bonchev–Trinajstić information content (AvgIpc) is 2.99. The number of alkyl halides is 3. The first-order chi connectivity index (χ1) is 23.9. The van der Waals surface area contributed by atoms with Gasteiger partial charge in [-0.25, -0.2) is 0 Å². The lowest BCUT2D eigenvalue weighted by Crippen LogP contribution is -2.36. The van der Waals surface area contributed by atoms with Crippen molar-refractivity contribution in [3.05, 3.63) is 69.8 Å². The van der Waals surface area contributed by atoms with Crippen molar-refractivity contribution in [2.75, 3.05) is 13.1 Å². The zero-order valence-electron chi connectivity index (χ0n) is 38.0. The molecule has 1 heterocycles. The third-order valence-corrected chi connectivity index (χ3v) is 5.40. The van der Waals surface area contributed by atoms with Crippen molar-refractivity contribution in [1.29, 1.82) is 0 Å². The normalized spacial score (nSPS) is 41.2. The molecule has 0 bridgehead atoms. The van der Waals surface area contributed by atoms with Crippen LogP contribution in [0.4, 0.5) is 13.2 Å². The van der Waals surface area contributed by atoms with E-state index in [1.807, 2.05) is 0 Å². The van der Waals surface area contributed by atoms with Gasteiger partial charge in [-0.15, -0.1) is 0 Å². The van der Waals surface area contributed by atoms with Crippen molar-refractivity contribution in [2.24, 2.45) is 11.0 Å². The molecule has 35 heavy (non-hydrogen) atoms. The van der Waals surface area contributed by atoms with Crippen LogP contribution in [0.1, 0.15) is 118 Å². The molecule has 2 fully saturated rings. The molecule has 2 aromatic rings. The minimum atomic E-state index is -5.59. The third kappa shape index (κ3) is 6.46. The summed E-state index contributed by atoms with van der Waals surface area (Å²) in [6.07, 6.45) is -23.6. The molecule has 4 rings (SSSR count). The summed E-state index contributed by atoms with van der Waals surface area (Å²) in [5, 5.41) is 3.62. The van der Waals surface area contributed by atoms with Gasteiger partial charge in [0.2, 0.25) is 0 Å². The highest BCUT2D eigenvalue weighted by Crippen LogP contribution is 2.42. The molecule has 0 atom stereocenters. The van der Waals surface area contributed by atoms with Gasteiger partial charge in [-0.05, 0) is 97.3 Å². The second-order valence-electron chi connectivity index (χ2n) is 7.97. The predicted molar refractivity (Wildman–Crippen MR) is 135 cm³/mol. The van der Waals surface area contributed by atoms with Gasteiger partial charge < -0.3 is 4.84 Å². The largest absolute Gasteiger partial charge is 0.416 e. The number of rotatable bonds is 8. The number of halogens is 3. The minimum Gasteiger partial charge on any atom is -0.391 e. The Morgan fingerprint density at radius 3 is 2.60 bits per heavy atom. The van der Waals surface area contributed by atoms with Crippen LogP contribution in [0.15, 0.2) is 41.6 Å². The first-order valence-corrected chi connectivity index (χ1v) is 10.8. The Hall–Kier alpha value is -2.34. The highest BCUT2D eigenvalue weighted by atomic mass is 19.4. The van der Waals surface area contributed by atoms with Crippen LogP contribution in [0.2, 0.25) is 0 Å². The summed E-state index contributed by atoms with van der Waals surface area (Å²) >= 11 is 0. The SMILES string of the molecule is [2H]C([2H])(O/N=C(\C)c1ccc(C([2H])([2H])N2CCC2)c(C([2H])([2H])C([2H])([2H])[2H])c1)c1ccc(C2([2H])C([2H])([2H])C([2H])([2H])C([2H])(C)C([2H])([2H])C2([2H])[2H])c(C(F)(F)F)c1. The highest BCUT2D eigenvalue weighted by Gasteiger charge is 2.36. The highest BCUT2D eigenvalue weighted by molar-refractivity contribution is 5.98. The van der Waals surface area contributed by atoms with E-state index in [-0.39, 0.29) is 22.9 Å². The van der Waals surface area contributed by atoms with Crippen LogP contribution in [-0.4, -0.2) is 23.7 Å². The van der Waals surface area contributed by atoms with E-state index in [2.05, 4.69) is 5.16 Å². The first kappa shape index (κ1) is 11.0. The van der Waals surface area contributed by atoms with Crippen molar-refractivity contribution in [3.8, 4) is 0 Å². The Kier molecular flexibility index (Phi) is 3.49.